The van der Waals surface area contributed by atoms with Gasteiger partial charge in [-0.1, -0.05) is 22.4 Å². The second-order valence-corrected chi connectivity index (χ2v) is 8.63. The highest BCUT2D eigenvalue weighted by Crippen LogP contribution is 2.75. The van der Waals surface area contributed by atoms with Crippen molar-refractivity contribution in [3.05, 3.63) is 0 Å². The third-order valence-electron chi connectivity index (χ3n) is 6.33. The number of rotatable bonds is 7. The number of fused-ring (bicyclic) bond motifs is 1. The Labute approximate surface area is 138 Å². The molecule has 3 saturated carbocycles. The predicted octanol–water partition coefficient (Wildman–Crippen LogP) is 2.03. The van der Waals surface area contributed by atoms with Gasteiger partial charge in [-0.05, 0) is 36.8 Å². The zero-order valence-electron chi connectivity index (χ0n) is 13.9. The van der Waals surface area contributed by atoms with E-state index in [1.54, 1.807) is 0 Å². The first kappa shape index (κ1) is 15.8. The van der Waals surface area contributed by atoms with Gasteiger partial charge >= 0.3 is 11.9 Å². The fraction of sp³-hybridized carbons (Fsp3) is 0.882. The van der Waals surface area contributed by atoms with Crippen LogP contribution >= 0.6 is 8.58 Å². The molecule has 0 radical (unpaired) electrons. The van der Waals surface area contributed by atoms with Crippen molar-refractivity contribution < 1.29 is 23.8 Å². The minimum absolute atomic E-state index is 0.0104. The van der Waals surface area contributed by atoms with E-state index in [-0.39, 0.29) is 35.9 Å². The van der Waals surface area contributed by atoms with Gasteiger partial charge in [0, 0.05) is 12.3 Å². The molecule has 0 bridgehead atoms. The van der Waals surface area contributed by atoms with Crippen molar-refractivity contribution in [3.8, 4) is 0 Å². The fourth-order valence-electron chi connectivity index (χ4n) is 5.45. The molecule has 1 heterocycles. The number of esters is 2. The summed E-state index contributed by atoms with van der Waals surface area (Å²) in [5, 5.41) is 0. The van der Waals surface area contributed by atoms with Crippen LogP contribution in [0.1, 0.15) is 26.7 Å². The molecule has 10 atom stereocenters. The van der Waals surface area contributed by atoms with Crippen LogP contribution in [0.2, 0.25) is 0 Å². The first-order valence-electron chi connectivity index (χ1n) is 8.77. The molecular formula is C17H25O5P. The monoisotopic (exact) mass is 340 g/mol. The third kappa shape index (κ3) is 2.26. The summed E-state index contributed by atoms with van der Waals surface area (Å²) in [6, 6.07) is 0. The molecule has 0 aromatic carbocycles. The highest BCUT2D eigenvalue weighted by atomic mass is 31.1. The molecule has 1 aliphatic heterocycles. The van der Waals surface area contributed by atoms with Gasteiger partial charge in [0.25, 0.3) is 0 Å². The van der Waals surface area contributed by atoms with Gasteiger partial charge in [-0.15, -0.1) is 0 Å². The molecule has 0 spiro atoms. The quantitative estimate of drug-likeness (QED) is 0.524. The fourth-order valence-corrected chi connectivity index (χ4v) is 5.99. The van der Waals surface area contributed by atoms with E-state index in [0.717, 1.165) is 6.42 Å². The summed E-state index contributed by atoms with van der Waals surface area (Å²) in [5.74, 6) is 2.48. The second-order valence-electron chi connectivity index (χ2n) is 7.41. The highest BCUT2D eigenvalue weighted by molar-refractivity contribution is 7.37. The van der Waals surface area contributed by atoms with Crippen molar-refractivity contribution in [2.45, 2.75) is 44.7 Å². The molecule has 4 aliphatic rings. The van der Waals surface area contributed by atoms with E-state index in [1.807, 2.05) is 6.92 Å². The number of ether oxygens (including phenoxy) is 3. The molecule has 10 unspecified atom stereocenters. The lowest BCUT2D eigenvalue weighted by Crippen LogP contribution is -2.35. The summed E-state index contributed by atoms with van der Waals surface area (Å²) in [4.78, 5) is 23.7. The van der Waals surface area contributed by atoms with Gasteiger partial charge in [0.2, 0.25) is 0 Å². The number of hydrogen-bond donors (Lipinski definition) is 0. The Hall–Kier alpha value is -0.670. The summed E-state index contributed by atoms with van der Waals surface area (Å²) in [6.45, 7) is 6.54. The Morgan fingerprint density at radius 2 is 2.09 bits per heavy atom. The average molecular weight is 340 g/mol. The largest absolute Gasteiger partial charge is 0.463 e. The maximum Gasteiger partial charge on any atom is 0.310 e. The van der Waals surface area contributed by atoms with E-state index in [2.05, 4.69) is 13.6 Å². The second kappa shape index (κ2) is 5.70. The van der Waals surface area contributed by atoms with Gasteiger partial charge in [-0.2, -0.15) is 0 Å². The Morgan fingerprint density at radius 1 is 1.30 bits per heavy atom. The molecule has 0 aromatic heterocycles. The summed E-state index contributed by atoms with van der Waals surface area (Å²) >= 11 is 0. The molecule has 0 aromatic rings. The summed E-state index contributed by atoms with van der Waals surface area (Å²) in [6.07, 6.45) is 1.20. The van der Waals surface area contributed by atoms with Crippen LogP contribution in [0, 0.1) is 35.5 Å². The number of carbonyl (C=O) groups excluding carboxylic acids is 2. The van der Waals surface area contributed by atoms with Gasteiger partial charge in [-0.3, -0.25) is 9.59 Å². The normalized spacial score (nSPS) is 47.0. The van der Waals surface area contributed by atoms with E-state index in [4.69, 9.17) is 14.2 Å². The van der Waals surface area contributed by atoms with Gasteiger partial charge in [0.15, 0.2) is 0 Å². The summed E-state index contributed by atoms with van der Waals surface area (Å²) in [5.41, 5.74) is 0. The molecule has 23 heavy (non-hydrogen) atoms. The lowest BCUT2D eigenvalue weighted by Gasteiger charge is -2.27. The standard InChI is InChI=1S/C17H25O5P/c1-4-5-8(18)20-6-9(23-3)21-15-13-10-7(2)11-14(12(10)13)16(15)22-17(11)19/h7,9-16,23H,4-6H2,1-3H3. The first-order chi connectivity index (χ1) is 11.1. The molecule has 6 heteroatoms. The minimum atomic E-state index is -0.156. The Kier molecular flexibility index (Phi) is 3.92. The zero-order chi connectivity index (χ0) is 16.3. The SMILES string of the molecule is CCCC(=O)OCC(OC1C2OC(=O)C3C(C)C4C1C4C23)PC. The van der Waals surface area contributed by atoms with Crippen molar-refractivity contribution in [1.82, 2.24) is 0 Å². The Morgan fingerprint density at radius 3 is 2.78 bits per heavy atom. The van der Waals surface area contributed by atoms with Crippen LogP contribution < -0.4 is 0 Å². The van der Waals surface area contributed by atoms with Gasteiger partial charge < -0.3 is 14.2 Å². The van der Waals surface area contributed by atoms with Crippen LogP contribution in [0.3, 0.4) is 0 Å². The maximum atomic E-state index is 12.1. The summed E-state index contributed by atoms with van der Waals surface area (Å²) < 4.78 is 17.3. The maximum absolute atomic E-state index is 12.1. The Bertz CT molecular complexity index is 523. The van der Waals surface area contributed by atoms with Crippen LogP contribution in [0.4, 0.5) is 0 Å². The van der Waals surface area contributed by atoms with E-state index in [1.165, 1.54) is 0 Å². The van der Waals surface area contributed by atoms with Crippen LogP contribution in [0.5, 0.6) is 0 Å². The summed E-state index contributed by atoms with van der Waals surface area (Å²) in [7, 11) is 0.543. The molecule has 0 amide bonds. The molecule has 0 N–H and O–H groups in total. The van der Waals surface area contributed by atoms with E-state index in [9.17, 15) is 9.59 Å². The van der Waals surface area contributed by atoms with Gasteiger partial charge in [0.1, 0.15) is 18.6 Å². The van der Waals surface area contributed by atoms with Crippen molar-refractivity contribution >= 4 is 20.5 Å². The van der Waals surface area contributed by atoms with Crippen LogP contribution in [-0.2, 0) is 23.8 Å². The lowest BCUT2D eigenvalue weighted by molar-refractivity contribution is -0.157. The van der Waals surface area contributed by atoms with Crippen LogP contribution in [0.25, 0.3) is 0 Å². The lowest BCUT2D eigenvalue weighted by atomic mass is 9.88. The zero-order valence-corrected chi connectivity index (χ0v) is 14.9. The van der Waals surface area contributed by atoms with E-state index < -0.39 is 0 Å². The molecule has 4 fully saturated rings. The molecule has 5 nitrogen and oxygen atoms in total. The number of carbonyl (C=O) groups is 2. The topological polar surface area (TPSA) is 61.8 Å². The van der Waals surface area contributed by atoms with Crippen LogP contribution in [0.15, 0.2) is 0 Å². The molecular weight excluding hydrogens is 315 g/mol. The first-order valence-corrected chi connectivity index (χ1v) is 10.3. The Balaban J connectivity index is 1.39. The minimum Gasteiger partial charge on any atom is -0.463 e. The molecule has 4 rings (SSSR count). The third-order valence-corrected chi connectivity index (χ3v) is 7.27. The predicted molar refractivity (Wildman–Crippen MR) is 85.3 cm³/mol. The number of hydrogen-bond acceptors (Lipinski definition) is 5. The van der Waals surface area contributed by atoms with Gasteiger partial charge in [-0.25, -0.2) is 0 Å². The molecule has 1 saturated heterocycles. The van der Waals surface area contributed by atoms with Crippen molar-refractivity contribution in [2.24, 2.45) is 35.5 Å². The average Bonchev–Trinajstić information content (AvgIpc) is 2.92. The van der Waals surface area contributed by atoms with Crippen molar-refractivity contribution in [2.75, 3.05) is 13.3 Å². The van der Waals surface area contributed by atoms with E-state index >= 15 is 0 Å². The van der Waals surface area contributed by atoms with Crippen molar-refractivity contribution in [1.29, 1.82) is 0 Å². The van der Waals surface area contributed by atoms with Crippen molar-refractivity contribution in [3.63, 3.8) is 0 Å². The highest BCUT2D eigenvalue weighted by Gasteiger charge is 2.80. The van der Waals surface area contributed by atoms with Crippen LogP contribution in [-0.4, -0.2) is 43.3 Å². The molecule has 3 aliphatic carbocycles. The smallest absolute Gasteiger partial charge is 0.310 e. The molecule has 128 valence electrons. The van der Waals surface area contributed by atoms with Gasteiger partial charge in [0.05, 0.1) is 12.0 Å². The van der Waals surface area contributed by atoms with E-state index in [0.29, 0.717) is 51.2 Å².